The number of aryl methyl sites for hydroxylation is 2. The quantitative estimate of drug-likeness (QED) is 0.426. The van der Waals surface area contributed by atoms with Gasteiger partial charge in [0.1, 0.15) is 17.3 Å². The van der Waals surface area contributed by atoms with E-state index in [-0.39, 0.29) is 35.7 Å². The molecule has 0 unspecified atom stereocenters. The standard InChI is InChI=1S/C27H25F2N5O2/c1-3-34-25(12-17(2)31-34)27(36)32-11-9-24-18(15-32)13-22(21-8-7-19(28)14-23(21)29)26(35)33(24)16-20-6-4-5-10-30-20/h4-8,10,12-14H,3,9,11,15-16H2,1-2H3. The van der Waals surface area contributed by atoms with Gasteiger partial charge in [-0.05, 0) is 55.8 Å². The van der Waals surface area contributed by atoms with E-state index in [1.165, 1.54) is 6.07 Å². The molecule has 0 atom stereocenters. The highest BCUT2D eigenvalue weighted by Gasteiger charge is 2.28. The highest BCUT2D eigenvalue weighted by Crippen LogP contribution is 2.27. The van der Waals surface area contributed by atoms with Crippen molar-refractivity contribution in [2.45, 2.75) is 39.9 Å². The third kappa shape index (κ3) is 4.32. The molecule has 1 aliphatic rings. The van der Waals surface area contributed by atoms with Crippen molar-refractivity contribution < 1.29 is 13.6 Å². The van der Waals surface area contributed by atoms with Gasteiger partial charge in [-0.3, -0.25) is 19.3 Å². The van der Waals surface area contributed by atoms with Crippen LogP contribution in [0.2, 0.25) is 0 Å². The number of rotatable bonds is 5. The summed E-state index contributed by atoms with van der Waals surface area (Å²) in [7, 11) is 0. The van der Waals surface area contributed by atoms with E-state index in [1.54, 1.807) is 38.5 Å². The number of aromatic nitrogens is 4. The highest BCUT2D eigenvalue weighted by molar-refractivity contribution is 5.93. The number of carbonyl (C=O) groups excluding carboxylic acids is 1. The second-order valence-corrected chi connectivity index (χ2v) is 8.83. The first-order chi connectivity index (χ1) is 17.4. The molecule has 3 aromatic heterocycles. The molecule has 7 nitrogen and oxygen atoms in total. The van der Waals surface area contributed by atoms with E-state index >= 15 is 0 Å². The maximum Gasteiger partial charge on any atom is 0.272 e. The van der Waals surface area contributed by atoms with E-state index in [1.807, 2.05) is 26.0 Å². The Morgan fingerprint density at radius 1 is 1.08 bits per heavy atom. The van der Waals surface area contributed by atoms with Gasteiger partial charge in [0, 0.05) is 49.6 Å². The molecular weight excluding hydrogens is 464 g/mol. The number of halogens is 2. The number of amides is 1. The fourth-order valence-corrected chi connectivity index (χ4v) is 4.73. The van der Waals surface area contributed by atoms with Gasteiger partial charge in [0.25, 0.3) is 11.5 Å². The predicted octanol–water partition coefficient (Wildman–Crippen LogP) is 3.96. The van der Waals surface area contributed by atoms with Gasteiger partial charge < -0.3 is 9.47 Å². The summed E-state index contributed by atoms with van der Waals surface area (Å²) in [5.41, 5.74) is 3.21. The van der Waals surface area contributed by atoms with Gasteiger partial charge in [0.05, 0.1) is 23.5 Å². The van der Waals surface area contributed by atoms with Crippen molar-refractivity contribution in [2.75, 3.05) is 6.54 Å². The topological polar surface area (TPSA) is 73.0 Å². The summed E-state index contributed by atoms with van der Waals surface area (Å²) in [4.78, 5) is 33.0. The lowest BCUT2D eigenvalue weighted by atomic mass is 9.98. The van der Waals surface area contributed by atoms with E-state index in [2.05, 4.69) is 10.1 Å². The Morgan fingerprint density at radius 2 is 1.92 bits per heavy atom. The number of fused-ring (bicyclic) bond motifs is 1. The molecule has 4 heterocycles. The van der Waals surface area contributed by atoms with Crippen molar-refractivity contribution in [3.63, 3.8) is 0 Å². The fraction of sp³-hybridized carbons (Fsp3) is 0.259. The number of hydrogen-bond acceptors (Lipinski definition) is 4. The summed E-state index contributed by atoms with van der Waals surface area (Å²) in [5.74, 6) is -1.69. The van der Waals surface area contributed by atoms with Crippen LogP contribution in [0.3, 0.4) is 0 Å². The molecule has 36 heavy (non-hydrogen) atoms. The molecule has 4 aromatic rings. The first-order valence-electron chi connectivity index (χ1n) is 11.8. The molecule has 0 spiro atoms. The van der Waals surface area contributed by atoms with E-state index in [0.717, 1.165) is 29.1 Å². The van der Waals surface area contributed by atoms with E-state index in [9.17, 15) is 18.4 Å². The Kier molecular flexibility index (Phi) is 6.22. The minimum Gasteiger partial charge on any atom is -0.333 e. The van der Waals surface area contributed by atoms with Gasteiger partial charge in [-0.25, -0.2) is 8.78 Å². The lowest BCUT2D eigenvalue weighted by Gasteiger charge is -2.31. The van der Waals surface area contributed by atoms with Crippen LogP contribution >= 0.6 is 0 Å². The number of pyridine rings is 2. The summed E-state index contributed by atoms with van der Waals surface area (Å²) in [6.07, 6.45) is 2.10. The lowest BCUT2D eigenvalue weighted by molar-refractivity contribution is 0.0719. The third-order valence-electron chi connectivity index (χ3n) is 6.45. The molecule has 1 aliphatic heterocycles. The molecule has 184 valence electrons. The molecule has 0 saturated carbocycles. The SMILES string of the molecule is CCn1nc(C)cc1C(=O)N1CCc2c(cc(-c3ccc(F)cc3F)c(=O)n2Cc2ccccn2)C1. The Morgan fingerprint density at radius 3 is 2.64 bits per heavy atom. The van der Waals surface area contributed by atoms with Crippen LogP contribution in [-0.4, -0.2) is 36.7 Å². The Labute approximate surface area is 206 Å². The lowest BCUT2D eigenvalue weighted by Crippen LogP contribution is -2.40. The average Bonchev–Trinajstić information content (AvgIpc) is 3.26. The second kappa shape index (κ2) is 9.49. The summed E-state index contributed by atoms with van der Waals surface area (Å²) >= 11 is 0. The fourth-order valence-electron chi connectivity index (χ4n) is 4.73. The zero-order valence-corrected chi connectivity index (χ0v) is 20.0. The van der Waals surface area contributed by atoms with Crippen LogP contribution in [-0.2, 0) is 26.1 Å². The molecule has 0 fully saturated rings. The van der Waals surface area contributed by atoms with E-state index < -0.39 is 11.6 Å². The van der Waals surface area contributed by atoms with Gasteiger partial charge in [-0.1, -0.05) is 6.07 Å². The van der Waals surface area contributed by atoms with Crippen molar-refractivity contribution in [3.05, 3.63) is 105 Å². The number of benzene rings is 1. The number of nitrogens with zero attached hydrogens (tertiary/aromatic N) is 5. The van der Waals surface area contributed by atoms with Gasteiger partial charge in [0.2, 0.25) is 0 Å². The first kappa shape index (κ1) is 23.6. The third-order valence-corrected chi connectivity index (χ3v) is 6.45. The molecule has 5 rings (SSSR count). The maximum absolute atomic E-state index is 14.7. The minimum atomic E-state index is -0.817. The van der Waals surface area contributed by atoms with Crippen LogP contribution in [0.15, 0.2) is 59.5 Å². The van der Waals surface area contributed by atoms with Crippen molar-refractivity contribution in [1.29, 1.82) is 0 Å². The Hall–Kier alpha value is -4.14. The van der Waals surface area contributed by atoms with Crippen LogP contribution in [0.5, 0.6) is 0 Å². The van der Waals surface area contributed by atoms with Crippen LogP contribution < -0.4 is 5.56 Å². The molecular formula is C27H25F2N5O2. The zero-order valence-electron chi connectivity index (χ0n) is 20.0. The van der Waals surface area contributed by atoms with Crippen molar-refractivity contribution >= 4 is 5.91 Å². The molecule has 0 N–H and O–H groups in total. The second-order valence-electron chi connectivity index (χ2n) is 8.83. The Balaban J connectivity index is 1.60. The number of hydrogen-bond donors (Lipinski definition) is 0. The molecule has 0 radical (unpaired) electrons. The minimum absolute atomic E-state index is 0.0158. The smallest absolute Gasteiger partial charge is 0.272 e. The van der Waals surface area contributed by atoms with Gasteiger partial charge >= 0.3 is 0 Å². The van der Waals surface area contributed by atoms with E-state index in [0.29, 0.717) is 30.9 Å². The first-order valence-corrected chi connectivity index (χ1v) is 11.8. The van der Waals surface area contributed by atoms with Crippen LogP contribution in [0.25, 0.3) is 11.1 Å². The van der Waals surface area contributed by atoms with Crippen molar-refractivity contribution in [3.8, 4) is 11.1 Å². The zero-order chi connectivity index (χ0) is 25.4. The summed E-state index contributed by atoms with van der Waals surface area (Å²) in [6.45, 7) is 5.21. The molecule has 1 aromatic carbocycles. The monoisotopic (exact) mass is 489 g/mol. The Bertz CT molecular complexity index is 1510. The maximum atomic E-state index is 14.7. The number of carbonyl (C=O) groups is 1. The van der Waals surface area contributed by atoms with Crippen molar-refractivity contribution in [1.82, 2.24) is 24.2 Å². The normalized spacial score (nSPS) is 13.1. The summed E-state index contributed by atoms with van der Waals surface area (Å²) in [6, 6.07) is 12.0. The van der Waals surface area contributed by atoms with Gasteiger partial charge in [-0.15, -0.1) is 0 Å². The summed E-state index contributed by atoms with van der Waals surface area (Å²) in [5, 5.41) is 4.38. The average molecular weight is 490 g/mol. The largest absolute Gasteiger partial charge is 0.333 e. The molecule has 0 saturated heterocycles. The molecule has 0 bridgehead atoms. The highest BCUT2D eigenvalue weighted by atomic mass is 19.1. The predicted molar refractivity (Wildman–Crippen MR) is 130 cm³/mol. The van der Waals surface area contributed by atoms with Crippen LogP contribution in [0.4, 0.5) is 8.78 Å². The van der Waals surface area contributed by atoms with Crippen LogP contribution in [0.1, 0.15) is 40.1 Å². The van der Waals surface area contributed by atoms with Crippen LogP contribution in [0, 0.1) is 18.6 Å². The van der Waals surface area contributed by atoms with Crippen molar-refractivity contribution in [2.24, 2.45) is 0 Å². The van der Waals surface area contributed by atoms with Gasteiger partial charge in [-0.2, -0.15) is 5.10 Å². The summed E-state index contributed by atoms with van der Waals surface area (Å²) < 4.78 is 31.6. The van der Waals surface area contributed by atoms with Gasteiger partial charge in [0.15, 0.2) is 0 Å². The molecule has 0 aliphatic carbocycles. The molecule has 9 heteroatoms. The molecule has 1 amide bonds. The van der Waals surface area contributed by atoms with E-state index in [4.69, 9.17) is 0 Å².